The van der Waals surface area contributed by atoms with Crippen LogP contribution in [0.4, 0.5) is 0 Å². The van der Waals surface area contributed by atoms with Gasteiger partial charge in [-0.2, -0.15) is 5.26 Å². The SMILES string of the molecule is CC.CCCCC(=O)N(Cc1ccc(-c2cc(-c3ccccn3)ccc2C#N)cc1)C1(C(=O)OC)CCCCC1. The Labute approximate surface area is 239 Å². The smallest absolute Gasteiger partial charge is 0.331 e. The quantitative estimate of drug-likeness (QED) is 0.260. The Kier molecular flexibility index (Phi) is 11.4. The van der Waals surface area contributed by atoms with Crippen LogP contribution in [0.2, 0.25) is 0 Å². The molecule has 1 heterocycles. The molecule has 0 atom stereocenters. The van der Waals surface area contributed by atoms with Gasteiger partial charge < -0.3 is 9.64 Å². The second-order valence-corrected chi connectivity index (χ2v) is 9.95. The van der Waals surface area contributed by atoms with E-state index in [1.165, 1.54) is 7.11 Å². The maximum Gasteiger partial charge on any atom is 0.331 e. The van der Waals surface area contributed by atoms with Crippen molar-refractivity contribution in [3.8, 4) is 28.5 Å². The molecule has 6 nitrogen and oxygen atoms in total. The Bertz CT molecular complexity index is 1290. The van der Waals surface area contributed by atoms with Crippen molar-refractivity contribution in [2.75, 3.05) is 7.11 Å². The number of amides is 1. The lowest BCUT2D eigenvalue weighted by Gasteiger charge is -2.44. The van der Waals surface area contributed by atoms with Crippen LogP contribution in [0.1, 0.15) is 83.3 Å². The molecule has 1 amide bonds. The number of benzene rings is 2. The van der Waals surface area contributed by atoms with E-state index in [0.29, 0.717) is 31.4 Å². The number of carbonyl (C=O) groups excluding carboxylic acids is 2. The number of rotatable bonds is 9. The van der Waals surface area contributed by atoms with E-state index in [1.54, 1.807) is 11.1 Å². The number of carbonyl (C=O) groups is 2. The molecule has 0 unspecified atom stereocenters. The number of unbranched alkanes of at least 4 members (excludes halogenated alkanes) is 1. The molecule has 210 valence electrons. The Hall–Kier alpha value is -3.98. The third-order valence-electron chi connectivity index (χ3n) is 7.51. The van der Waals surface area contributed by atoms with E-state index in [0.717, 1.165) is 60.1 Å². The summed E-state index contributed by atoms with van der Waals surface area (Å²) in [5.74, 6) is -0.318. The predicted molar refractivity (Wildman–Crippen MR) is 159 cm³/mol. The third kappa shape index (κ3) is 6.96. The molecule has 0 bridgehead atoms. The molecule has 0 saturated heterocycles. The normalized spacial score (nSPS) is 13.8. The summed E-state index contributed by atoms with van der Waals surface area (Å²) in [6, 6.07) is 21.7. The number of hydrogen-bond donors (Lipinski definition) is 0. The summed E-state index contributed by atoms with van der Waals surface area (Å²) in [5, 5.41) is 9.74. The lowest BCUT2D eigenvalue weighted by Crippen LogP contribution is -2.58. The van der Waals surface area contributed by atoms with Crippen LogP contribution in [-0.4, -0.2) is 34.4 Å². The summed E-state index contributed by atoms with van der Waals surface area (Å²) in [4.78, 5) is 32.8. The first kappa shape index (κ1) is 30.6. The molecule has 1 fully saturated rings. The fraction of sp³-hybridized carbons (Fsp3) is 0.412. The summed E-state index contributed by atoms with van der Waals surface area (Å²) in [5.41, 5.74) is 4.13. The van der Waals surface area contributed by atoms with Crippen molar-refractivity contribution >= 4 is 11.9 Å². The number of nitriles is 1. The first-order chi connectivity index (χ1) is 19.5. The van der Waals surface area contributed by atoms with Gasteiger partial charge in [0.1, 0.15) is 5.54 Å². The van der Waals surface area contributed by atoms with Gasteiger partial charge in [0.25, 0.3) is 0 Å². The fourth-order valence-corrected chi connectivity index (χ4v) is 5.40. The number of nitrogens with zero attached hydrogens (tertiary/aromatic N) is 3. The zero-order valence-electron chi connectivity index (χ0n) is 24.3. The molecule has 0 N–H and O–H groups in total. The minimum absolute atomic E-state index is 0.00180. The van der Waals surface area contributed by atoms with Gasteiger partial charge >= 0.3 is 5.97 Å². The Morgan fingerprint density at radius 3 is 2.30 bits per heavy atom. The van der Waals surface area contributed by atoms with Crippen molar-refractivity contribution in [2.24, 2.45) is 0 Å². The molecule has 0 spiro atoms. The van der Waals surface area contributed by atoms with Crippen LogP contribution in [0.15, 0.2) is 66.9 Å². The zero-order valence-corrected chi connectivity index (χ0v) is 24.3. The van der Waals surface area contributed by atoms with Gasteiger partial charge in [-0.15, -0.1) is 0 Å². The first-order valence-corrected chi connectivity index (χ1v) is 14.5. The lowest BCUT2D eigenvalue weighted by molar-refractivity contribution is -0.166. The number of methoxy groups -OCH3 is 1. The first-order valence-electron chi connectivity index (χ1n) is 14.5. The van der Waals surface area contributed by atoms with E-state index in [2.05, 4.69) is 18.0 Å². The molecule has 2 aromatic carbocycles. The third-order valence-corrected chi connectivity index (χ3v) is 7.51. The highest BCUT2D eigenvalue weighted by Gasteiger charge is 2.47. The van der Waals surface area contributed by atoms with Gasteiger partial charge in [0.05, 0.1) is 24.4 Å². The van der Waals surface area contributed by atoms with Crippen LogP contribution < -0.4 is 0 Å². The van der Waals surface area contributed by atoms with Crippen LogP contribution in [0, 0.1) is 11.3 Å². The number of esters is 1. The summed E-state index contributed by atoms with van der Waals surface area (Å²) in [7, 11) is 1.41. The lowest BCUT2D eigenvalue weighted by atomic mass is 9.79. The molecule has 4 rings (SSSR count). The highest BCUT2D eigenvalue weighted by Crippen LogP contribution is 2.37. The second-order valence-electron chi connectivity index (χ2n) is 9.95. The van der Waals surface area contributed by atoms with Gasteiger partial charge in [0.2, 0.25) is 5.91 Å². The van der Waals surface area contributed by atoms with E-state index in [1.807, 2.05) is 74.5 Å². The standard InChI is InChI=1S/C32H35N3O3.C2H6/c1-3-4-11-30(36)35(32(31(37)38-2)18-7-5-8-19-32)23-24-12-14-25(15-13-24)28-21-26(16-17-27(28)22-33)29-10-6-9-20-34-29;1-2/h6,9-10,12-17,20-21H,3-5,7-8,11,18-19,23H2,1-2H3;1-2H3. The zero-order chi connectivity index (χ0) is 29.0. The van der Waals surface area contributed by atoms with Gasteiger partial charge in [0.15, 0.2) is 0 Å². The van der Waals surface area contributed by atoms with Crippen molar-refractivity contribution in [1.29, 1.82) is 5.26 Å². The number of pyridine rings is 1. The topological polar surface area (TPSA) is 83.3 Å². The average Bonchev–Trinajstić information content (AvgIpc) is 3.03. The molecule has 3 aromatic rings. The summed E-state index contributed by atoms with van der Waals surface area (Å²) in [6.45, 7) is 6.41. The highest BCUT2D eigenvalue weighted by atomic mass is 16.5. The monoisotopic (exact) mass is 539 g/mol. The molecule has 0 aliphatic heterocycles. The Balaban J connectivity index is 0.00000216. The van der Waals surface area contributed by atoms with Gasteiger partial charge in [0, 0.05) is 30.3 Å². The number of hydrogen-bond acceptors (Lipinski definition) is 5. The van der Waals surface area contributed by atoms with Gasteiger partial charge in [-0.3, -0.25) is 9.78 Å². The molecule has 1 aliphatic rings. The van der Waals surface area contributed by atoms with E-state index >= 15 is 0 Å². The minimum Gasteiger partial charge on any atom is -0.467 e. The average molecular weight is 540 g/mol. The summed E-state index contributed by atoms with van der Waals surface area (Å²) >= 11 is 0. The van der Waals surface area contributed by atoms with Crippen molar-refractivity contribution in [3.05, 3.63) is 78.0 Å². The Morgan fingerprint density at radius 1 is 1.00 bits per heavy atom. The van der Waals surface area contributed by atoms with Crippen molar-refractivity contribution in [1.82, 2.24) is 9.88 Å². The van der Waals surface area contributed by atoms with Crippen LogP contribution in [-0.2, 0) is 20.9 Å². The maximum atomic E-state index is 13.5. The fourth-order valence-electron chi connectivity index (χ4n) is 5.40. The van der Waals surface area contributed by atoms with E-state index in [9.17, 15) is 14.9 Å². The van der Waals surface area contributed by atoms with Crippen LogP contribution >= 0.6 is 0 Å². The molecule has 6 heteroatoms. The second kappa shape index (κ2) is 15.0. The Morgan fingerprint density at radius 2 is 1.70 bits per heavy atom. The van der Waals surface area contributed by atoms with Gasteiger partial charge in [-0.25, -0.2) is 4.79 Å². The van der Waals surface area contributed by atoms with Crippen LogP contribution in [0.25, 0.3) is 22.4 Å². The predicted octanol–water partition coefficient (Wildman–Crippen LogP) is 7.71. The van der Waals surface area contributed by atoms with E-state index < -0.39 is 5.54 Å². The van der Waals surface area contributed by atoms with Gasteiger partial charge in [-0.05, 0) is 54.7 Å². The van der Waals surface area contributed by atoms with Crippen molar-refractivity contribution in [3.63, 3.8) is 0 Å². The molecular weight excluding hydrogens is 498 g/mol. The van der Waals surface area contributed by atoms with Crippen molar-refractivity contribution < 1.29 is 14.3 Å². The minimum atomic E-state index is -0.915. The largest absolute Gasteiger partial charge is 0.467 e. The molecule has 1 aromatic heterocycles. The number of ether oxygens (including phenoxy) is 1. The summed E-state index contributed by atoms with van der Waals surface area (Å²) in [6.07, 6.45) is 7.98. The van der Waals surface area contributed by atoms with E-state index in [-0.39, 0.29) is 11.9 Å². The van der Waals surface area contributed by atoms with Crippen LogP contribution in [0.3, 0.4) is 0 Å². The van der Waals surface area contributed by atoms with Crippen LogP contribution in [0.5, 0.6) is 0 Å². The maximum absolute atomic E-state index is 13.5. The highest BCUT2D eigenvalue weighted by molar-refractivity contribution is 5.88. The molecule has 1 saturated carbocycles. The molecule has 1 aliphatic carbocycles. The van der Waals surface area contributed by atoms with E-state index in [4.69, 9.17) is 4.74 Å². The molecule has 40 heavy (non-hydrogen) atoms. The van der Waals surface area contributed by atoms with Crippen molar-refractivity contribution in [2.45, 2.75) is 84.2 Å². The van der Waals surface area contributed by atoms with Gasteiger partial charge in [-0.1, -0.05) is 82.9 Å². The number of aromatic nitrogens is 1. The summed E-state index contributed by atoms with van der Waals surface area (Å²) < 4.78 is 5.25. The molecular formula is C34H41N3O3. The molecule has 0 radical (unpaired) electrons.